The Balaban J connectivity index is 2.35. The molecular formula is C11H20N4O3. The summed E-state index contributed by atoms with van der Waals surface area (Å²) in [7, 11) is 0. The third-order valence-electron chi connectivity index (χ3n) is 2.81. The summed E-state index contributed by atoms with van der Waals surface area (Å²) in [6.07, 6.45) is 1.35. The van der Waals surface area contributed by atoms with Crippen LogP contribution in [0.3, 0.4) is 0 Å². The minimum Gasteiger partial charge on any atom is -0.353 e. The van der Waals surface area contributed by atoms with Gasteiger partial charge < -0.3 is 21.3 Å². The van der Waals surface area contributed by atoms with Crippen molar-refractivity contribution in [3.8, 4) is 0 Å². The number of hydrogen-bond acceptors (Lipinski definition) is 4. The lowest BCUT2D eigenvalue weighted by atomic mass is 10.0. The van der Waals surface area contributed by atoms with Gasteiger partial charge in [0.1, 0.15) is 0 Å². The van der Waals surface area contributed by atoms with Crippen molar-refractivity contribution in [3.05, 3.63) is 0 Å². The van der Waals surface area contributed by atoms with Gasteiger partial charge in [-0.2, -0.15) is 0 Å². The van der Waals surface area contributed by atoms with Crippen LogP contribution in [0.15, 0.2) is 0 Å². The Bertz CT molecular complexity index is 324. The van der Waals surface area contributed by atoms with Gasteiger partial charge in [-0.3, -0.25) is 14.4 Å². The van der Waals surface area contributed by atoms with E-state index in [0.29, 0.717) is 39.0 Å². The number of piperidine rings is 1. The van der Waals surface area contributed by atoms with E-state index in [-0.39, 0.29) is 11.9 Å². The summed E-state index contributed by atoms with van der Waals surface area (Å²) in [6, 6.07) is 0.0960. The molecule has 0 atom stereocenters. The van der Waals surface area contributed by atoms with E-state index in [1.54, 1.807) is 0 Å². The maximum Gasteiger partial charge on any atom is 0.311 e. The Morgan fingerprint density at radius 1 is 1.28 bits per heavy atom. The normalized spacial score (nSPS) is 16.2. The molecule has 1 rings (SSSR count). The van der Waals surface area contributed by atoms with Crippen LogP contribution in [0.1, 0.15) is 19.8 Å². The highest BCUT2D eigenvalue weighted by atomic mass is 16.2. The summed E-state index contributed by atoms with van der Waals surface area (Å²) < 4.78 is 0. The minimum atomic E-state index is -0.613. The molecule has 0 unspecified atom stereocenters. The van der Waals surface area contributed by atoms with E-state index in [4.69, 9.17) is 5.73 Å². The van der Waals surface area contributed by atoms with Crippen molar-refractivity contribution in [2.24, 2.45) is 5.73 Å². The predicted molar refractivity (Wildman–Crippen MR) is 65.5 cm³/mol. The zero-order chi connectivity index (χ0) is 13.5. The molecule has 3 amide bonds. The molecule has 0 saturated carbocycles. The first-order valence-corrected chi connectivity index (χ1v) is 6.09. The van der Waals surface area contributed by atoms with Crippen LogP contribution in [0, 0.1) is 0 Å². The largest absolute Gasteiger partial charge is 0.353 e. The van der Waals surface area contributed by atoms with Gasteiger partial charge in [-0.15, -0.1) is 0 Å². The first-order chi connectivity index (χ1) is 8.54. The number of carbonyl (C=O) groups excluding carboxylic acids is 3. The monoisotopic (exact) mass is 256 g/mol. The number of amides is 3. The highest BCUT2D eigenvalue weighted by Crippen LogP contribution is 2.10. The van der Waals surface area contributed by atoms with E-state index in [9.17, 15) is 14.4 Å². The summed E-state index contributed by atoms with van der Waals surface area (Å²) in [4.78, 5) is 35.5. The molecule has 0 aromatic rings. The van der Waals surface area contributed by atoms with Crippen molar-refractivity contribution in [1.82, 2.24) is 15.5 Å². The number of likely N-dealkylation sites (tertiary alicyclic amines) is 1. The zero-order valence-electron chi connectivity index (χ0n) is 10.6. The fraction of sp³-hybridized carbons (Fsp3) is 0.727. The average Bonchev–Trinajstić information content (AvgIpc) is 2.35. The summed E-state index contributed by atoms with van der Waals surface area (Å²) in [5.74, 6) is -1.20. The Morgan fingerprint density at radius 3 is 2.39 bits per heavy atom. The minimum absolute atomic E-state index is 0.0690. The molecule has 0 spiro atoms. The lowest BCUT2D eigenvalue weighted by Gasteiger charge is -2.31. The predicted octanol–water partition coefficient (Wildman–Crippen LogP) is -1.81. The molecule has 7 heteroatoms. The van der Waals surface area contributed by atoms with Crippen molar-refractivity contribution >= 4 is 17.7 Å². The molecule has 1 heterocycles. The van der Waals surface area contributed by atoms with Crippen molar-refractivity contribution in [3.63, 3.8) is 0 Å². The van der Waals surface area contributed by atoms with Crippen LogP contribution in [-0.2, 0) is 14.4 Å². The van der Waals surface area contributed by atoms with E-state index in [0.717, 1.165) is 0 Å². The van der Waals surface area contributed by atoms with Crippen LogP contribution in [0.5, 0.6) is 0 Å². The number of rotatable bonds is 3. The summed E-state index contributed by atoms with van der Waals surface area (Å²) in [5, 5.41) is 5.26. The fourth-order valence-corrected chi connectivity index (χ4v) is 1.92. The second-order valence-corrected chi connectivity index (χ2v) is 4.31. The Hall–Kier alpha value is -1.63. The molecule has 1 saturated heterocycles. The smallest absolute Gasteiger partial charge is 0.311 e. The lowest BCUT2D eigenvalue weighted by Crippen LogP contribution is -2.50. The van der Waals surface area contributed by atoms with Crippen molar-refractivity contribution < 1.29 is 14.4 Å². The standard InChI is InChI=1S/C11H20N4O3/c1-8(16)14-9-2-6-15(7-3-9)11(18)10(17)13-5-4-12/h9H,2-7,12H2,1H3,(H,13,17)(H,14,16). The molecule has 0 aliphatic carbocycles. The molecule has 0 bridgehead atoms. The first-order valence-electron chi connectivity index (χ1n) is 6.09. The fourth-order valence-electron chi connectivity index (χ4n) is 1.92. The summed E-state index contributed by atoms with van der Waals surface area (Å²) in [5.41, 5.74) is 5.24. The van der Waals surface area contributed by atoms with E-state index >= 15 is 0 Å². The molecule has 1 aliphatic heterocycles. The molecule has 0 aromatic carbocycles. The third kappa shape index (κ3) is 4.33. The summed E-state index contributed by atoms with van der Waals surface area (Å²) >= 11 is 0. The highest BCUT2D eigenvalue weighted by Gasteiger charge is 2.26. The maximum absolute atomic E-state index is 11.7. The molecule has 1 fully saturated rings. The molecule has 4 N–H and O–H groups in total. The van der Waals surface area contributed by atoms with Gasteiger partial charge in [0.2, 0.25) is 5.91 Å². The van der Waals surface area contributed by atoms with E-state index in [1.807, 2.05) is 0 Å². The topological polar surface area (TPSA) is 105 Å². The van der Waals surface area contributed by atoms with E-state index in [2.05, 4.69) is 10.6 Å². The van der Waals surface area contributed by atoms with Crippen LogP contribution in [0.2, 0.25) is 0 Å². The van der Waals surface area contributed by atoms with Gasteiger partial charge in [0.25, 0.3) is 0 Å². The lowest BCUT2D eigenvalue weighted by molar-refractivity contribution is -0.146. The Morgan fingerprint density at radius 2 is 1.89 bits per heavy atom. The molecular weight excluding hydrogens is 236 g/mol. The first kappa shape index (κ1) is 14.4. The van der Waals surface area contributed by atoms with Crippen LogP contribution in [0.4, 0.5) is 0 Å². The van der Waals surface area contributed by atoms with E-state index < -0.39 is 11.8 Å². The molecule has 18 heavy (non-hydrogen) atoms. The maximum atomic E-state index is 11.7. The molecule has 0 aromatic heterocycles. The number of hydrogen-bond donors (Lipinski definition) is 3. The average molecular weight is 256 g/mol. The highest BCUT2D eigenvalue weighted by molar-refractivity contribution is 6.35. The molecule has 7 nitrogen and oxygen atoms in total. The molecule has 0 radical (unpaired) electrons. The number of nitrogens with one attached hydrogen (secondary N) is 2. The van der Waals surface area contributed by atoms with Gasteiger partial charge in [0.15, 0.2) is 0 Å². The van der Waals surface area contributed by atoms with Crippen molar-refractivity contribution in [1.29, 1.82) is 0 Å². The number of carbonyl (C=O) groups is 3. The van der Waals surface area contributed by atoms with E-state index in [1.165, 1.54) is 11.8 Å². The Labute approximate surface area is 106 Å². The van der Waals surface area contributed by atoms with Crippen molar-refractivity contribution in [2.75, 3.05) is 26.2 Å². The second kappa shape index (κ2) is 6.95. The quantitative estimate of drug-likeness (QED) is 0.517. The Kier molecular flexibility index (Phi) is 5.57. The van der Waals surface area contributed by atoms with Crippen LogP contribution < -0.4 is 16.4 Å². The number of nitrogens with zero attached hydrogens (tertiary/aromatic N) is 1. The van der Waals surface area contributed by atoms with Gasteiger partial charge in [0.05, 0.1) is 0 Å². The number of nitrogens with two attached hydrogens (primary N) is 1. The zero-order valence-corrected chi connectivity index (χ0v) is 10.6. The van der Waals surface area contributed by atoms with Gasteiger partial charge in [-0.1, -0.05) is 0 Å². The van der Waals surface area contributed by atoms with Crippen LogP contribution in [0.25, 0.3) is 0 Å². The van der Waals surface area contributed by atoms with Gasteiger partial charge in [0, 0.05) is 39.1 Å². The molecule has 102 valence electrons. The third-order valence-corrected chi connectivity index (χ3v) is 2.81. The van der Waals surface area contributed by atoms with Crippen molar-refractivity contribution in [2.45, 2.75) is 25.8 Å². The van der Waals surface area contributed by atoms with Crippen LogP contribution >= 0.6 is 0 Å². The van der Waals surface area contributed by atoms with Crippen LogP contribution in [-0.4, -0.2) is 54.8 Å². The second-order valence-electron chi connectivity index (χ2n) is 4.31. The van der Waals surface area contributed by atoms with Gasteiger partial charge in [-0.25, -0.2) is 0 Å². The van der Waals surface area contributed by atoms with Gasteiger partial charge >= 0.3 is 11.8 Å². The SMILES string of the molecule is CC(=O)NC1CCN(C(=O)C(=O)NCCN)CC1. The summed E-state index contributed by atoms with van der Waals surface area (Å²) in [6.45, 7) is 3.05. The molecule has 1 aliphatic rings. The van der Waals surface area contributed by atoms with Gasteiger partial charge in [-0.05, 0) is 12.8 Å².